The highest BCUT2D eigenvalue weighted by Gasteiger charge is 2.17. The minimum Gasteiger partial charge on any atom is -0.455 e. The molecule has 0 aromatic heterocycles. The van der Waals surface area contributed by atoms with Gasteiger partial charge in [0.1, 0.15) is 0 Å². The van der Waals surface area contributed by atoms with E-state index in [-0.39, 0.29) is 23.5 Å². The number of hydrogen-bond donors (Lipinski definition) is 1. The Morgan fingerprint density at radius 1 is 1.07 bits per heavy atom. The highest BCUT2D eigenvalue weighted by Crippen LogP contribution is 2.36. The van der Waals surface area contributed by atoms with Crippen molar-refractivity contribution in [3.8, 4) is 0 Å². The van der Waals surface area contributed by atoms with E-state index >= 15 is 0 Å². The van der Waals surface area contributed by atoms with Gasteiger partial charge in [-0.25, -0.2) is 0 Å². The summed E-state index contributed by atoms with van der Waals surface area (Å²) in [6.07, 6.45) is 0. The number of ether oxygens (including phenoxy) is 2. The topological polar surface area (TPSA) is 64.6 Å². The first-order chi connectivity index (χ1) is 13.1. The number of carbonyl (C=O) groups is 2. The first kappa shape index (κ1) is 21.3. The fourth-order valence-electron chi connectivity index (χ4n) is 2.33. The van der Waals surface area contributed by atoms with Gasteiger partial charge in [-0.3, -0.25) is 9.59 Å². The maximum Gasteiger partial charge on any atom is 0.316 e. The van der Waals surface area contributed by atoms with Crippen molar-refractivity contribution in [3.63, 3.8) is 0 Å². The average Bonchev–Trinajstić information content (AvgIpc) is 2.69. The highest BCUT2D eigenvalue weighted by atomic mass is 35.5. The van der Waals surface area contributed by atoms with E-state index in [4.69, 9.17) is 21.1 Å². The average molecular weight is 408 g/mol. The molecule has 0 saturated heterocycles. The fourth-order valence-corrected chi connectivity index (χ4v) is 3.54. The Balaban J connectivity index is 1.91. The normalized spacial score (nSPS) is 11.6. The molecule has 0 aliphatic heterocycles. The predicted molar refractivity (Wildman–Crippen MR) is 108 cm³/mol. The van der Waals surface area contributed by atoms with E-state index in [1.54, 1.807) is 7.11 Å². The lowest BCUT2D eigenvalue weighted by Crippen LogP contribution is -2.31. The van der Waals surface area contributed by atoms with Gasteiger partial charge in [0.05, 0.1) is 17.6 Å². The molecule has 27 heavy (non-hydrogen) atoms. The van der Waals surface area contributed by atoms with Gasteiger partial charge in [-0.15, -0.1) is 11.8 Å². The van der Waals surface area contributed by atoms with Gasteiger partial charge in [0.25, 0.3) is 5.91 Å². The van der Waals surface area contributed by atoms with Crippen molar-refractivity contribution in [1.82, 2.24) is 5.32 Å². The Morgan fingerprint density at radius 3 is 2.41 bits per heavy atom. The minimum absolute atomic E-state index is 0.0356. The Kier molecular flexibility index (Phi) is 9.18. The fraction of sp³-hybridized carbons (Fsp3) is 0.300. The SMILES string of the molecule is COCCNC(=O)COC(=O)CS[C@H](c1ccccc1)c1ccc(Cl)cc1. The summed E-state index contributed by atoms with van der Waals surface area (Å²) in [6, 6.07) is 17.4. The summed E-state index contributed by atoms with van der Waals surface area (Å²) >= 11 is 7.43. The zero-order chi connectivity index (χ0) is 19.5. The molecule has 0 unspecified atom stereocenters. The Hall–Kier alpha value is -2.02. The van der Waals surface area contributed by atoms with E-state index in [1.807, 2.05) is 54.6 Å². The molecule has 144 valence electrons. The molecule has 2 aromatic carbocycles. The number of amides is 1. The van der Waals surface area contributed by atoms with E-state index in [2.05, 4.69) is 5.32 Å². The summed E-state index contributed by atoms with van der Waals surface area (Å²) in [6.45, 7) is 0.504. The first-order valence-corrected chi connectivity index (χ1v) is 9.86. The molecule has 0 saturated carbocycles. The standard InChI is InChI=1S/C20H22ClNO4S/c1-25-12-11-22-18(23)13-26-19(24)14-27-20(15-5-3-2-4-6-15)16-7-9-17(21)10-8-16/h2-10,20H,11-14H2,1H3,(H,22,23)/t20-/m1/s1. The van der Waals surface area contributed by atoms with Crippen LogP contribution in [0.3, 0.4) is 0 Å². The lowest BCUT2D eigenvalue weighted by Gasteiger charge is -2.17. The van der Waals surface area contributed by atoms with Crippen LogP contribution in [0.5, 0.6) is 0 Å². The van der Waals surface area contributed by atoms with Crippen LogP contribution in [-0.4, -0.2) is 44.5 Å². The number of hydrogen-bond acceptors (Lipinski definition) is 5. The summed E-state index contributed by atoms with van der Waals surface area (Å²) in [5.41, 5.74) is 2.12. The van der Waals surface area contributed by atoms with Gasteiger partial charge in [0, 0.05) is 18.7 Å². The largest absolute Gasteiger partial charge is 0.455 e. The number of halogens is 1. The van der Waals surface area contributed by atoms with E-state index in [1.165, 1.54) is 11.8 Å². The smallest absolute Gasteiger partial charge is 0.316 e. The van der Waals surface area contributed by atoms with Gasteiger partial charge in [-0.1, -0.05) is 54.1 Å². The van der Waals surface area contributed by atoms with E-state index in [9.17, 15) is 9.59 Å². The Bertz CT molecular complexity index is 725. The summed E-state index contributed by atoms with van der Waals surface area (Å²) in [5, 5.41) is 3.23. The highest BCUT2D eigenvalue weighted by molar-refractivity contribution is 8.00. The van der Waals surface area contributed by atoms with Gasteiger partial charge >= 0.3 is 5.97 Å². The van der Waals surface area contributed by atoms with Gasteiger partial charge in [0.2, 0.25) is 0 Å². The second kappa shape index (κ2) is 11.6. The predicted octanol–water partition coefficient (Wildman–Crippen LogP) is 3.47. The lowest BCUT2D eigenvalue weighted by atomic mass is 10.0. The molecule has 1 atom stereocenters. The van der Waals surface area contributed by atoms with Crippen molar-refractivity contribution in [2.45, 2.75) is 5.25 Å². The molecular weight excluding hydrogens is 386 g/mol. The molecule has 0 bridgehead atoms. The van der Waals surface area contributed by atoms with Crippen molar-refractivity contribution in [2.24, 2.45) is 0 Å². The second-order valence-electron chi connectivity index (χ2n) is 5.66. The quantitative estimate of drug-likeness (QED) is 0.482. The molecule has 0 aliphatic rings. The third-order valence-electron chi connectivity index (χ3n) is 3.64. The van der Waals surface area contributed by atoms with Crippen molar-refractivity contribution < 1.29 is 19.1 Å². The molecule has 2 aromatic rings. The van der Waals surface area contributed by atoms with Crippen LogP contribution in [0, 0.1) is 0 Å². The first-order valence-electron chi connectivity index (χ1n) is 8.43. The molecule has 0 spiro atoms. The van der Waals surface area contributed by atoms with Gasteiger partial charge in [-0.2, -0.15) is 0 Å². The molecule has 0 aliphatic carbocycles. The molecular formula is C20H22ClNO4S. The molecule has 0 fully saturated rings. The molecule has 7 heteroatoms. The van der Waals surface area contributed by atoms with Crippen LogP contribution >= 0.6 is 23.4 Å². The third kappa shape index (κ3) is 7.62. The van der Waals surface area contributed by atoms with Crippen LogP contribution in [0.15, 0.2) is 54.6 Å². The number of benzene rings is 2. The maximum absolute atomic E-state index is 12.0. The number of methoxy groups -OCH3 is 1. The number of esters is 1. The molecule has 1 amide bonds. The molecule has 2 rings (SSSR count). The van der Waals surface area contributed by atoms with Gasteiger partial charge < -0.3 is 14.8 Å². The van der Waals surface area contributed by atoms with Crippen LogP contribution in [0.1, 0.15) is 16.4 Å². The molecule has 0 heterocycles. The zero-order valence-corrected chi connectivity index (χ0v) is 16.6. The van der Waals surface area contributed by atoms with Gasteiger partial charge in [0.15, 0.2) is 6.61 Å². The van der Waals surface area contributed by atoms with Crippen LogP contribution < -0.4 is 5.32 Å². The summed E-state index contributed by atoms with van der Waals surface area (Å²) in [5.74, 6) is -0.646. The lowest BCUT2D eigenvalue weighted by molar-refractivity contribution is -0.145. The van der Waals surface area contributed by atoms with Crippen molar-refractivity contribution >= 4 is 35.2 Å². The van der Waals surface area contributed by atoms with Gasteiger partial charge in [-0.05, 0) is 23.3 Å². The molecule has 0 radical (unpaired) electrons. The number of nitrogens with one attached hydrogen (secondary N) is 1. The van der Waals surface area contributed by atoms with Crippen molar-refractivity contribution in [2.75, 3.05) is 32.6 Å². The number of rotatable bonds is 10. The van der Waals surface area contributed by atoms with Crippen LogP contribution in [0.25, 0.3) is 0 Å². The zero-order valence-electron chi connectivity index (χ0n) is 15.0. The Morgan fingerprint density at radius 2 is 1.74 bits per heavy atom. The van der Waals surface area contributed by atoms with E-state index in [0.29, 0.717) is 18.2 Å². The Labute approximate surface area is 168 Å². The maximum atomic E-state index is 12.0. The summed E-state index contributed by atoms with van der Waals surface area (Å²) in [4.78, 5) is 23.6. The van der Waals surface area contributed by atoms with Crippen LogP contribution in [0.4, 0.5) is 0 Å². The minimum atomic E-state index is -0.434. The van der Waals surface area contributed by atoms with Crippen molar-refractivity contribution in [3.05, 3.63) is 70.7 Å². The van der Waals surface area contributed by atoms with E-state index < -0.39 is 5.97 Å². The number of thioether (sulfide) groups is 1. The van der Waals surface area contributed by atoms with E-state index in [0.717, 1.165) is 11.1 Å². The number of carbonyl (C=O) groups excluding carboxylic acids is 2. The summed E-state index contributed by atoms with van der Waals surface area (Å²) < 4.78 is 9.88. The van der Waals surface area contributed by atoms with Crippen LogP contribution in [0.2, 0.25) is 5.02 Å². The summed E-state index contributed by atoms with van der Waals surface area (Å²) in [7, 11) is 1.55. The van der Waals surface area contributed by atoms with Crippen LogP contribution in [-0.2, 0) is 19.1 Å². The second-order valence-corrected chi connectivity index (χ2v) is 7.19. The molecule has 5 nitrogen and oxygen atoms in total. The van der Waals surface area contributed by atoms with Crippen molar-refractivity contribution in [1.29, 1.82) is 0 Å². The molecule has 1 N–H and O–H groups in total. The monoisotopic (exact) mass is 407 g/mol. The third-order valence-corrected chi connectivity index (χ3v) is 5.17.